The number of hydrogen-bond donors (Lipinski definition) is 2. The van der Waals surface area contributed by atoms with E-state index < -0.39 is 0 Å². The topological polar surface area (TPSA) is 65.2 Å². The van der Waals surface area contributed by atoms with Gasteiger partial charge in [-0.25, -0.2) is 0 Å². The molecule has 4 rings (SSSR count). The molecule has 1 aliphatic heterocycles. The van der Waals surface area contributed by atoms with Gasteiger partial charge in [0.1, 0.15) is 0 Å². The molecule has 3 aromatic rings. The van der Waals surface area contributed by atoms with Crippen molar-refractivity contribution in [1.82, 2.24) is 15.2 Å². The molecule has 0 aliphatic carbocycles. The van der Waals surface area contributed by atoms with Crippen molar-refractivity contribution in [3.8, 4) is 0 Å². The van der Waals surface area contributed by atoms with Gasteiger partial charge in [-0.1, -0.05) is 49.4 Å². The van der Waals surface area contributed by atoms with Crippen LogP contribution in [0.3, 0.4) is 0 Å². The second-order valence-electron chi connectivity index (χ2n) is 8.42. The maximum atomic E-state index is 12.5. The van der Waals surface area contributed by atoms with E-state index in [9.17, 15) is 9.59 Å². The molecule has 1 aromatic heterocycles. The Bertz CT molecular complexity index is 1090. The van der Waals surface area contributed by atoms with Gasteiger partial charge in [0.05, 0.1) is 6.42 Å². The van der Waals surface area contributed by atoms with E-state index in [1.807, 2.05) is 30.3 Å². The summed E-state index contributed by atoms with van der Waals surface area (Å²) in [5.74, 6) is 0.600. The largest absolute Gasteiger partial charge is 0.352 e. The highest BCUT2D eigenvalue weighted by Gasteiger charge is 2.17. The summed E-state index contributed by atoms with van der Waals surface area (Å²) in [6.45, 7) is 5.97. The maximum Gasteiger partial charge on any atom is 0.252 e. The first-order valence-electron chi connectivity index (χ1n) is 10.8. The minimum atomic E-state index is -0.205. The minimum absolute atomic E-state index is 0.0754. The van der Waals surface area contributed by atoms with Crippen LogP contribution in [0.25, 0.3) is 10.9 Å². The number of para-hydroxylation sites is 1. The average molecular weight is 404 g/mol. The summed E-state index contributed by atoms with van der Waals surface area (Å²) in [6, 6.07) is 17.7. The van der Waals surface area contributed by atoms with Gasteiger partial charge in [-0.05, 0) is 54.0 Å². The molecule has 30 heavy (non-hydrogen) atoms. The first-order chi connectivity index (χ1) is 14.6. The highest BCUT2D eigenvalue weighted by atomic mass is 16.2. The summed E-state index contributed by atoms with van der Waals surface area (Å²) in [7, 11) is 0. The highest BCUT2D eigenvalue weighted by molar-refractivity contribution is 5.82. The Labute approximate surface area is 177 Å². The van der Waals surface area contributed by atoms with Gasteiger partial charge in [0.15, 0.2) is 0 Å². The number of piperidine rings is 1. The van der Waals surface area contributed by atoms with Crippen LogP contribution in [0.1, 0.15) is 36.5 Å². The lowest BCUT2D eigenvalue weighted by atomic mass is 9.99. The van der Waals surface area contributed by atoms with Gasteiger partial charge in [0.2, 0.25) is 5.91 Å². The van der Waals surface area contributed by atoms with E-state index in [4.69, 9.17) is 0 Å². The van der Waals surface area contributed by atoms with Gasteiger partial charge in [-0.2, -0.15) is 0 Å². The third-order valence-electron chi connectivity index (χ3n) is 5.91. The number of nitrogens with one attached hydrogen (secondary N) is 2. The molecule has 1 aliphatic rings. The summed E-state index contributed by atoms with van der Waals surface area (Å²) >= 11 is 0. The number of nitrogens with zero attached hydrogens (tertiary/aromatic N) is 1. The first-order valence-corrected chi connectivity index (χ1v) is 10.8. The average Bonchev–Trinajstić information content (AvgIpc) is 2.74. The van der Waals surface area contributed by atoms with Crippen LogP contribution in [0.2, 0.25) is 0 Å². The summed E-state index contributed by atoms with van der Waals surface area (Å²) in [6.07, 6.45) is 2.63. The van der Waals surface area contributed by atoms with Gasteiger partial charge in [0.25, 0.3) is 5.56 Å². The van der Waals surface area contributed by atoms with Crippen LogP contribution < -0.4 is 10.9 Å². The van der Waals surface area contributed by atoms with Crippen molar-refractivity contribution in [1.29, 1.82) is 0 Å². The quantitative estimate of drug-likeness (QED) is 0.661. The van der Waals surface area contributed by atoms with Gasteiger partial charge in [-0.15, -0.1) is 0 Å². The van der Waals surface area contributed by atoms with E-state index in [-0.39, 0.29) is 17.9 Å². The number of pyridine rings is 1. The van der Waals surface area contributed by atoms with Crippen LogP contribution in [0.15, 0.2) is 59.4 Å². The molecule has 5 nitrogen and oxygen atoms in total. The lowest BCUT2D eigenvalue weighted by Gasteiger charge is -2.31. The molecule has 2 heterocycles. The fourth-order valence-electron chi connectivity index (χ4n) is 4.31. The number of H-pyrrole nitrogens is 1. The van der Waals surface area contributed by atoms with Crippen molar-refractivity contribution < 1.29 is 4.79 Å². The zero-order valence-corrected chi connectivity index (χ0v) is 17.5. The van der Waals surface area contributed by atoms with Crippen molar-refractivity contribution in [2.75, 3.05) is 13.1 Å². The Morgan fingerprint density at radius 3 is 2.70 bits per heavy atom. The molecule has 0 unspecified atom stereocenters. The normalized spacial score (nSPS) is 17.2. The van der Waals surface area contributed by atoms with E-state index in [0.717, 1.165) is 42.0 Å². The van der Waals surface area contributed by atoms with E-state index in [0.29, 0.717) is 12.1 Å². The number of benzene rings is 2. The Balaban J connectivity index is 1.40. The molecule has 0 radical (unpaired) electrons. The fraction of sp³-hybridized carbons (Fsp3) is 0.360. The number of hydrogen-bond acceptors (Lipinski definition) is 3. The molecule has 1 amide bonds. The molecule has 1 saturated heterocycles. The fourth-order valence-corrected chi connectivity index (χ4v) is 4.31. The molecular weight excluding hydrogens is 374 g/mol. The van der Waals surface area contributed by atoms with Gasteiger partial charge in [-0.3, -0.25) is 14.5 Å². The van der Waals surface area contributed by atoms with Crippen LogP contribution in [-0.4, -0.2) is 28.9 Å². The van der Waals surface area contributed by atoms with Gasteiger partial charge in [0, 0.05) is 30.7 Å². The Hall–Kier alpha value is -2.92. The lowest BCUT2D eigenvalue weighted by Crippen LogP contribution is -2.34. The third kappa shape index (κ3) is 4.97. The molecule has 5 heteroatoms. The van der Waals surface area contributed by atoms with Crippen LogP contribution in [0.4, 0.5) is 0 Å². The molecule has 156 valence electrons. The van der Waals surface area contributed by atoms with Crippen LogP contribution in [-0.2, 0) is 24.3 Å². The van der Waals surface area contributed by atoms with E-state index in [1.54, 1.807) is 6.07 Å². The van der Waals surface area contributed by atoms with Crippen LogP contribution >= 0.6 is 0 Å². The van der Waals surface area contributed by atoms with Crippen molar-refractivity contribution in [3.05, 3.63) is 81.6 Å². The standard InChI is InChI=1S/C25H29N3O2/c1-18-7-6-12-28(16-18)17-21-10-3-2-9-20(21)15-26-24(29)14-22-13-19-8-4-5-11-23(19)27-25(22)30/h2-5,8-11,13,18H,6-7,12,14-17H2,1H3,(H,26,29)(H,27,30)/t18-/m1/s1. The maximum absolute atomic E-state index is 12.5. The van der Waals surface area contributed by atoms with Crippen LogP contribution in [0, 0.1) is 5.92 Å². The van der Waals surface area contributed by atoms with Crippen molar-refractivity contribution in [3.63, 3.8) is 0 Å². The number of fused-ring (bicyclic) bond motifs is 1. The molecular formula is C25H29N3O2. The van der Waals surface area contributed by atoms with Crippen molar-refractivity contribution >= 4 is 16.8 Å². The van der Waals surface area contributed by atoms with E-state index in [1.165, 1.54) is 18.4 Å². The number of rotatable bonds is 6. The molecule has 1 atom stereocenters. The van der Waals surface area contributed by atoms with Crippen molar-refractivity contribution in [2.24, 2.45) is 5.92 Å². The smallest absolute Gasteiger partial charge is 0.252 e. The lowest BCUT2D eigenvalue weighted by molar-refractivity contribution is -0.120. The number of carbonyl (C=O) groups excluding carboxylic acids is 1. The molecule has 2 aromatic carbocycles. The van der Waals surface area contributed by atoms with E-state index >= 15 is 0 Å². The zero-order chi connectivity index (χ0) is 20.9. The Morgan fingerprint density at radius 1 is 1.10 bits per heavy atom. The zero-order valence-electron chi connectivity index (χ0n) is 17.5. The molecule has 0 bridgehead atoms. The number of likely N-dealkylation sites (tertiary alicyclic amines) is 1. The number of carbonyl (C=O) groups is 1. The number of aromatic amines is 1. The first kappa shape index (κ1) is 20.4. The van der Waals surface area contributed by atoms with E-state index in [2.05, 4.69) is 40.3 Å². The highest BCUT2D eigenvalue weighted by Crippen LogP contribution is 2.19. The van der Waals surface area contributed by atoms with Crippen LogP contribution in [0.5, 0.6) is 0 Å². The molecule has 0 spiro atoms. The van der Waals surface area contributed by atoms with Gasteiger partial charge < -0.3 is 10.3 Å². The molecule has 2 N–H and O–H groups in total. The monoisotopic (exact) mass is 403 g/mol. The minimum Gasteiger partial charge on any atom is -0.352 e. The Kier molecular flexibility index (Phi) is 6.29. The third-order valence-corrected chi connectivity index (χ3v) is 5.91. The predicted molar refractivity (Wildman–Crippen MR) is 120 cm³/mol. The second-order valence-corrected chi connectivity index (χ2v) is 8.42. The SMILES string of the molecule is C[C@@H]1CCCN(Cc2ccccc2CNC(=O)Cc2cc3ccccc3[nH]c2=O)C1. The predicted octanol–water partition coefficient (Wildman–Crippen LogP) is 3.62. The van der Waals surface area contributed by atoms with Gasteiger partial charge >= 0.3 is 0 Å². The Morgan fingerprint density at radius 2 is 1.87 bits per heavy atom. The molecule has 1 fully saturated rings. The second kappa shape index (κ2) is 9.26. The summed E-state index contributed by atoms with van der Waals surface area (Å²) in [5, 5.41) is 3.93. The summed E-state index contributed by atoms with van der Waals surface area (Å²) in [4.78, 5) is 30.2. The summed E-state index contributed by atoms with van der Waals surface area (Å²) < 4.78 is 0. The number of amides is 1. The molecule has 0 saturated carbocycles. The summed E-state index contributed by atoms with van der Waals surface area (Å²) in [5.41, 5.74) is 3.46. The number of aromatic nitrogens is 1. The van der Waals surface area contributed by atoms with Crippen molar-refractivity contribution in [2.45, 2.75) is 39.3 Å².